The molecule has 6 nitrogen and oxygen atoms in total. The van der Waals surface area contributed by atoms with Crippen LogP contribution in [0.25, 0.3) is 0 Å². The molecule has 1 aliphatic heterocycles. The minimum absolute atomic E-state index is 0.00538. The maximum Gasteiger partial charge on any atom is 0.321 e. The van der Waals surface area contributed by atoms with Crippen LogP contribution in [0, 0.1) is 11.3 Å². The number of pyridine rings is 1. The first kappa shape index (κ1) is 18.5. The van der Waals surface area contributed by atoms with E-state index >= 15 is 0 Å². The highest BCUT2D eigenvalue weighted by Crippen LogP contribution is 2.58. The quantitative estimate of drug-likeness (QED) is 0.839. The van der Waals surface area contributed by atoms with Gasteiger partial charge in [-0.1, -0.05) is 25.1 Å². The van der Waals surface area contributed by atoms with Gasteiger partial charge in [-0.05, 0) is 48.6 Å². The Morgan fingerprint density at radius 3 is 2.75 bits per heavy atom. The number of carbonyl (C=O) groups is 2. The van der Waals surface area contributed by atoms with E-state index in [0.717, 1.165) is 30.5 Å². The summed E-state index contributed by atoms with van der Waals surface area (Å²) >= 11 is 0. The smallest absolute Gasteiger partial charge is 0.321 e. The number of nitrogens with one attached hydrogen (secondary N) is 2. The Kier molecular flexibility index (Phi) is 5.03. The van der Waals surface area contributed by atoms with Gasteiger partial charge in [-0.2, -0.15) is 0 Å². The van der Waals surface area contributed by atoms with E-state index in [1.54, 1.807) is 12.4 Å². The van der Waals surface area contributed by atoms with Crippen molar-refractivity contribution in [2.45, 2.75) is 32.7 Å². The molecule has 1 aromatic heterocycles. The van der Waals surface area contributed by atoms with Crippen LogP contribution in [0.2, 0.25) is 0 Å². The molecular weight excluding hydrogens is 352 g/mol. The van der Waals surface area contributed by atoms with E-state index in [-0.39, 0.29) is 23.3 Å². The zero-order chi connectivity index (χ0) is 19.6. The van der Waals surface area contributed by atoms with Crippen molar-refractivity contribution in [2.24, 2.45) is 11.3 Å². The fourth-order valence-electron chi connectivity index (χ4n) is 4.08. The number of aromatic nitrogens is 1. The van der Waals surface area contributed by atoms with Crippen LogP contribution >= 0.6 is 0 Å². The van der Waals surface area contributed by atoms with E-state index < -0.39 is 0 Å². The summed E-state index contributed by atoms with van der Waals surface area (Å²) in [6.07, 6.45) is 6.21. The van der Waals surface area contributed by atoms with Crippen LogP contribution in [0.15, 0.2) is 48.8 Å². The van der Waals surface area contributed by atoms with Crippen molar-refractivity contribution in [3.05, 3.63) is 59.9 Å². The summed E-state index contributed by atoms with van der Waals surface area (Å²) in [6.45, 7) is 3.95. The first-order valence-electron chi connectivity index (χ1n) is 9.91. The number of rotatable bonds is 5. The number of carbonyl (C=O) groups excluding carboxylic acids is 2. The molecule has 28 heavy (non-hydrogen) atoms. The third kappa shape index (κ3) is 3.86. The van der Waals surface area contributed by atoms with Crippen molar-refractivity contribution in [1.82, 2.24) is 15.2 Å². The SMILES string of the molecule is CCc1ccc(NC(=O)N2CC[C@@]3(C[C@H]3C(=O)NCc3cccnc3)C2)cc1. The number of amides is 3. The molecule has 2 aliphatic rings. The molecule has 2 fully saturated rings. The van der Waals surface area contributed by atoms with Gasteiger partial charge in [-0.15, -0.1) is 0 Å². The standard InChI is InChI=1S/C22H26N4O2/c1-2-16-5-7-18(8-6-16)25-21(28)26-11-9-22(15-26)12-19(22)20(27)24-14-17-4-3-10-23-13-17/h3-8,10,13,19H,2,9,11-12,14-15H2,1H3,(H,24,27)(H,25,28)/t19-,22+/m0/s1. The number of hydrogen-bond donors (Lipinski definition) is 2. The molecule has 6 heteroatoms. The first-order valence-corrected chi connectivity index (χ1v) is 9.91. The Labute approximate surface area is 165 Å². The maximum absolute atomic E-state index is 12.6. The summed E-state index contributed by atoms with van der Waals surface area (Å²) < 4.78 is 0. The second-order valence-corrected chi connectivity index (χ2v) is 7.85. The van der Waals surface area contributed by atoms with E-state index in [2.05, 4.69) is 22.5 Å². The second-order valence-electron chi connectivity index (χ2n) is 7.85. The minimum atomic E-state index is -0.0810. The summed E-state index contributed by atoms with van der Waals surface area (Å²) in [5.74, 6) is 0.0899. The summed E-state index contributed by atoms with van der Waals surface area (Å²) in [4.78, 5) is 31.0. The van der Waals surface area contributed by atoms with Crippen molar-refractivity contribution < 1.29 is 9.59 Å². The molecule has 2 N–H and O–H groups in total. The monoisotopic (exact) mass is 378 g/mol. The van der Waals surface area contributed by atoms with E-state index in [1.807, 2.05) is 41.3 Å². The van der Waals surface area contributed by atoms with Crippen LogP contribution in [0.3, 0.4) is 0 Å². The fourth-order valence-corrected chi connectivity index (χ4v) is 4.08. The van der Waals surface area contributed by atoms with Gasteiger partial charge in [0.1, 0.15) is 0 Å². The molecule has 3 amide bonds. The molecule has 146 valence electrons. The van der Waals surface area contributed by atoms with Crippen LogP contribution in [0.4, 0.5) is 10.5 Å². The minimum Gasteiger partial charge on any atom is -0.352 e. The Hall–Kier alpha value is -2.89. The highest BCUT2D eigenvalue weighted by atomic mass is 16.2. The molecule has 1 saturated carbocycles. The summed E-state index contributed by atoms with van der Waals surface area (Å²) in [5, 5.41) is 5.98. The number of hydrogen-bond acceptors (Lipinski definition) is 3. The van der Waals surface area contributed by atoms with Gasteiger partial charge in [0.05, 0.1) is 0 Å². The number of aryl methyl sites for hydroxylation is 1. The molecule has 2 heterocycles. The molecule has 1 saturated heterocycles. The van der Waals surface area contributed by atoms with Crippen molar-refractivity contribution in [3.63, 3.8) is 0 Å². The van der Waals surface area contributed by atoms with Crippen LogP contribution in [0.1, 0.15) is 30.9 Å². The largest absolute Gasteiger partial charge is 0.352 e. The molecule has 0 unspecified atom stereocenters. The van der Waals surface area contributed by atoms with E-state index in [0.29, 0.717) is 19.6 Å². The third-order valence-corrected chi connectivity index (χ3v) is 5.98. The van der Waals surface area contributed by atoms with Crippen molar-refractivity contribution in [2.75, 3.05) is 18.4 Å². The number of likely N-dealkylation sites (tertiary alicyclic amines) is 1. The second kappa shape index (κ2) is 7.62. The highest BCUT2D eigenvalue weighted by Gasteiger charge is 2.61. The normalized spacial score (nSPS) is 22.9. The molecule has 2 aromatic rings. The van der Waals surface area contributed by atoms with Gasteiger partial charge in [0.2, 0.25) is 5.91 Å². The van der Waals surface area contributed by atoms with E-state index in [1.165, 1.54) is 5.56 Å². The zero-order valence-electron chi connectivity index (χ0n) is 16.1. The predicted octanol–water partition coefficient (Wildman–Crippen LogP) is 3.20. The van der Waals surface area contributed by atoms with Crippen molar-refractivity contribution in [3.8, 4) is 0 Å². The Morgan fingerprint density at radius 2 is 2.04 bits per heavy atom. The van der Waals surface area contributed by atoms with Crippen molar-refractivity contribution in [1.29, 1.82) is 0 Å². The molecule has 1 aromatic carbocycles. The molecule has 4 rings (SSSR count). The lowest BCUT2D eigenvalue weighted by Gasteiger charge is -2.18. The summed E-state index contributed by atoms with van der Waals surface area (Å²) in [6, 6.07) is 11.7. The lowest BCUT2D eigenvalue weighted by atomic mass is 10.0. The highest BCUT2D eigenvalue weighted by molar-refractivity contribution is 5.90. The summed E-state index contributed by atoms with van der Waals surface area (Å²) in [7, 11) is 0. The molecule has 0 radical (unpaired) electrons. The molecule has 1 aliphatic carbocycles. The van der Waals surface area contributed by atoms with Crippen LogP contribution in [0.5, 0.6) is 0 Å². The maximum atomic E-state index is 12.6. The lowest BCUT2D eigenvalue weighted by Crippen LogP contribution is -2.34. The van der Waals surface area contributed by atoms with Crippen molar-refractivity contribution >= 4 is 17.6 Å². The molecular formula is C22H26N4O2. The topological polar surface area (TPSA) is 74.3 Å². The van der Waals surface area contributed by atoms with Gasteiger partial charge in [-0.3, -0.25) is 9.78 Å². The van der Waals surface area contributed by atoms with E-state index in [4.69, 9.17) is 0 Å². The zero-order valence-corrected chi connectivity index (χ0v) is 16.1. The first-order chi connectivity index (χ1) is 13.6. The Balaban J connectivity index is 1.27. The van der Waals surface area contributed by atoms with Gasteiger partial charge in [-0.25, -0.2) is 4.79 Å². The average molecular weight is 378 g/mol. The number of benzene rings is 1. The Bertz CT molecular complexity index is 853. The van der Waals surface area contributed by atoms with Gasteiger partial charge in [0.15, 0.2) is 0 Å². The third-order valence-electron chi connectivity index (χ3n) is 5.98. The number of nitrogens with zero attached hydrogens (tertiary/aromatic N) is 2. The Morgan fingerprint density at radius 1 is 1.21 bits per heavy atom. The van der Waals surface area contributed by atoms with Crippen LogP contribution < -0.4 is 10.6 Å². The predicted molar refractivity (Wildman–Crippen MR) is 108 cm³/mol. The molecule has 2 atom stereocenters. The molecule has 0 bridgehead atoms. The van der Waals surface area contributed by atoms with Gasteiger partial charge < -0.3 is 15.5 Å². The van der Waals surface area contributed by atoms with Gasteiger partial charge in [0.25, 0.3) is 0 Å². The summed E-state index contributed by atoms with van der Waals surface area (Å²) in [5.41, 5.74) is 3.01. The van der Waals surface area contributed by atoms with Gasteiger partial charge >= 0.3 is 6.03 Å². The van der Waals surface area contributed by atoms with Gasteiger partial charge in [0, 0.05) is 49.0 Å². The fraction of sp³-hybridized carbons (Fsp3) is 0.409. The number of urea groups is 1. The van der Waals surface area contributed by atoms with Crippen LogP contribution in [-0.4, -0.2) is 34.9 Å². The van der Waals surface area contributed by atoms with Crippen LogP contribution in [-0.2, 0) is 17.8 Å². The van der Waals surface area contributed by atoms with E-state index in [9.17, 15) is 9.59 Å². The lowest BCUT2D eigenvalue weighted by molar-refractivity contribution is -0.123. The average Bonchev–Trinajstić information content (AvgIpc) is 3.26. The molecule has 1 spiro atoms. The number of anilines is 1.